The standard InChI is InChI=1S/C17H31NO5.C8H17NO3.C7H12O4.C2H6/c1-10-6-17(4,21)7-13-5-11(2)16(20)22-9-14(19)15(23-13)12(3)18-8-10;1-5-4-6(9(2)3)7(10)8(11)12-5;1-7(10-2)3-6(9)11-4-5(7)8;1-2/h10-15,18-19,21H,5-9H2,1-4H3;5-8,10-11H,4H2,1-3H3;6,9H,3-4H2,1-2H3;1-2H3/t10-,11?,12?,13+,14?,15?,17-;5?,6?,7-,8?;6?,7-;/m111./s1. The van der Waals surface area contributed by atoms with E-state index in [9.17, 15) is 30.0 Å². The number of hydrogen-bond donors (Lipinski definition) is 6. The minimum atomic E-state index is -1.04. The van der Waals surface area contributed by atoms with Crippen LogP contribution in [0.15, 0.2) is 0 Å². The van der Waals surface area contributed by atoms with E-state index in [0.717, 1.165) is 13.0 Å². The first-order valence-corrected chi connectivity index (χ1v) is 17.3. The van der Waals surface area contributed by atoms with Gasteiger partial charge in [0, 0.05) is 32.0 Å². The molecule has 4 saturated heterocycles. The molecule has 0 saturated carbocycles. The maximum atomic E-state index is 12.0. The Hall–Kier alpha value is -1.30. The Morgan fingerprint density at radius 1 is 0.938 bits per heavy atom. The third-order valence-electron chi connectivity index (χ3n) is 9.19. The zero-order valence-electron chi connectivity index (χ0n) is 31.0. The first-order chi connectivity index (χ1) is 22.3. The van der Waals surface area contributed by atoms with Crippen molar-refractivity contribution in [1.29, 1.82) is 0 Å². The van der Waals surface area contributed by atoms with Crippen molar-refractivity contribution in [2.45, 2.75) is 154 Å². The molecule has 4 fully saturated rings. The molecular formula is C34H66N2O12. The number of methoxy groups -OCH3 is 1. The normalized spacial score (nSPS) is 42.5. The summed E-state index contributed by atoms with van der Waals surface area (Å²) in [6, 6.07) is -0.0751. The summed E-state index contributed by atoms with van der Waals surface area (Å²) in [6.07, 6.45) is -1.78. The molecule has 14 heteroatoms. The second kappa shape index (κ2) is 20.5. The molecule has 2 bridgehead atoms. The molecule has 4 aliphatic heterocycles. The van der Waals surface area contributed by atoms with Crippen molar-refractivity contribution in [3.05, 3.63) is 0 Å². The molecule has 0 spiro atoms. The van der Waals surface area contributed by atoms with E-state index >= 15 is 0 Å². The highest BCUT2D eigenvalue weighted by atomic mass is 16.6. The molecule has 0 aliphatic carbocycles. The molecule has 0 aromatic carbocycles. The van der Waals surface area contributed by atoms with Crippen molar-refractivity contribution < 1.29 is 58.8 Å². The van der Waals surface area contributed by atoms with Crippen molar-refractivity contribution in [3.63, 3.8) is 0 Å². The Morgan fingerprint density at radius 3 is 2.12 bits per heavy atom. The molecule has 8 unspecified atom stereocenters. The Morgan fingerprint density at radius 2 is 1.56 bits per heavy atom. The smallest absolute Gasteiger partial charge is 0.308 e. The number of aliphatic hydroxyl groups is 5. The maximum absolute atomic E-state index is 12.0. The third kappa shape index (κ3) is 14.1. The maximum Gasteiger partial charge on any atom is 0.308 e. The first kappa shape index (κ1) is 44.7. The lowest BCUT2D eigenvalue weighted by Crippen LogP contribution is -2.53. The Bertz CT molecular complexity index is 955. The van der Waals surface area contributed by atoms with Gasteiger partial charge in [-0.3, -0.25) is 9.59 Å². The van der Waals surface area contributed by atoms with Gasteiger partial charge in [0.15, 0.2) is 18.4 Å². The van der Waals surface area contributed by atoms with E-state index in [1.165, 1.54) is 7.11 Å². The number of Topliss-reactive ketones (excluding diaryl/α,β-unsaturated/α-hetero) is 1. The monoisotopic (exact) mass is 694 g/mol. The van der Waals surface area contributed by atoms with Crippen LogP contribution in [0.5, 0.6) is 0 Å². The predicted octanol–water partition coefficient (Wildman–Crippen LogP) is 0.973. The summed E-state index contributed by atoms with van der Waals surface area (Å²) in [7, 11) is 5.23. The molecule has 0 aromatic rings. The minimum absolute atomic E-state index is 0.01000. The lowest BCUT2D eigenvalue weighted by Gasteiger charge is -2.38. The van der Waals surface area contributed by atoms with Gasteiger partial charge in [0.1, 0.15) is 37.1 Å². The molecule has 0 aromatic heterocycles. The van der Waals surface area contributed by atoms with Gasteiger partial charge in [0.25, 0.3) is 0 Å². The Labute approximate surface area is 287 Å². The van der Waals surface area contributed by atoms with Gasteiger partial charge in [-0.25, -0.2) is 0 Å². The number of ether oxygens (including phenoxy) is 5. The van der Waals surface area contributed by atoms with Crippen LogP contribution in [0.1, 0.15) is 87.5 Å². The van der Waals surface area contributed by atoms with Gasteiger partial charge in [-0.1, -0.05) is 27.7 Å². The first-order valence-electron chi connectivity index (χ1n) is 17.3. The van der Waals surface area contributed by atoms with Crippen molar-refractivity contribution in [1.82, 2.24) is 10.2 Å². The Kier molecular flexibility index (Phi) is 19.1. The molecule has 0 radical (unpaired) electrons. The highest BCUT2D eigenvalue weighted by molar-refractivity contribution is 5.88. The van der Waals surface area contributed by atoms with Gasteiger partial charge >= 0.3 is 5.97 Å². The number of nitrogens with zero attached hydrogens (tertiary/aromatic N) is 1. The number of esters is 1. The Balaban J connectivity index is 0.000000387. The number of cyclic esters (lactones) is 1. The summed E-state index contributed by atoms with van der Waals surface area (Å²) >= 11 is 0. The van der Waals surface area contributed by atoms with Crippen molar-refractivity contribution in [2.24, 2.45) is 11.8 Å². The van der Waals surface area contributed by atoms with Crippen LogP contribution in [-0.2, 0) is 33.3 Å². The number of ketones is 1. The molecule has 13 atom stereocenters. The van der Waals surface area contributed by atoms with E-state index < -0.39 is 42.1 Å². The zero-order chi connectivity index (χ0) is 37.0. The number of nitrogens with one attached hydrogen (secondary N) is 1. The van der Waals surface area contributed by atoms with Crippen LogP contribution >= 0.6 is 0 Å². The van der Waals surface area contributed by atoms with Crippen LogP contribution in [-0.4, -0.2) is 150 Å². The fraction of sp³-hybridized carbons (Fsp3) is 0.941. The lowest BCUT2D eigenvalue weighted by atomic mass is 9.85. The van der Waals surface area contributed by atoms with Crippen molar-refractivity contribution in [3.8, 4) is 0 Å². The van der Waals surface area contributed by atoms with Crippen LogP contribution in [0.4, 0.5) is 0 Å². The van der Waals surface area contributed by atoms with E-state index in [1.807, 2.05) is 53.6 Å². The quantitative estimate of drug-likeness (QED) is 0.224. The fourth-order valence-corrected chi connectivity index (χ4v) is 6.33. The molecule has 14 nitrogen and oxygen atoms in total. The zero-order valence-corrected chi connectivity index (χ0v) is 31.0. The molecule has 0 amide bonds. The highest BCUT2D eigenvalue weighted by Gasteiger charge is 2.40. The number of fused-ring (bicyclic) bond motifs is 2. The van der Waals surface area contributed by atoms with E-state index in [2.05, 4.69) is 12.2 Å². The van der Waals surface area contributed by atoms with Gasteiger partial charge in [-0.2, -0.15) is 0 Å². The predicted molar refractivity (Wildman–Crippen MR) is 179 cm³/mol. The highest BCUT2D eigenvalue weighted by Crippen LogP contribution is 2.30. The van der Waals surface area contributed by atoms with Gasteiger partial charge < -0.3 is 59.4 Å². The van der Waals surface area contributed by atoms with E-state index in [4.69, 9.17) is 28.8 Å². The fourth-order valence-electron chi connectivity index (χ4n) is 6.33. The van der Waals surface area contributed by atoms with E-state index in [1.54, 1.807) is 13.8 Å². The van der Waals surface area contributed by atoms with Gasteiger partial charge in [-0.15, -0.1) is 0 Å². The SMILES string of the molecule is CC.CC1CC(N(C)C)[C@@H](O)C(O)O1.CC1C[C@H]2C[C@](C)(O)C[C@@H](C)CNC(C)C(O2)C(O)COC1=O.CO[C@]1(C)CC(O)OCC1=O. The van der Waals surface area contributed by atoms with Crippen LogP contribution in [0.2, 0.25) is 0 Å². The van der Waals surface area contributed by atoms with Gasteiger partial charge in [-0.05, 0) is 73.5 Å². The molecule has 284 valence electrons. The lowest BCUT2D eigenvalue weighted by molar-refractivity contribution is -0.230. The van der Waals surface area contributed by atoms with Crippen LogP contribution in [0, 0.1) is 11.8 Å². The van der Waals surface area contributed by atoms with Crippen molar-refractivity contribution >= 4 is 11.8 Å². The van der Waals surface area contributed by atoms with Gasteiger partial charge in [0.2, 0.25) is 0 Å². The minimum Gasteiger partial charge on any atom is -0.463 e. The second-order valence-corrected chi connectivity index (χ2v) is 14.2. The molecule has 4 rings (SSSR count). The summed E-state index contributed by atoms with van der Waals surface area (Å²) in [5.74, 6) is -0.443. The average Bonchev–Trinajstić information content (AvgIpc) is 3.05. The number of carbonyl (C=O) groups excluding carboxylic acids is 2. The molecule has 4 aliphatic rings. The number of likely N-dealkylation sites (N-methyl/N-ethyl adjacent to an activating group) is 1. The van der Waals surface area contributed by atoms with Crippen LogP contribution in [0.3, 0.4) is 0 Å². The molecule has 4 heterocycles. The number of rotatable bonds is 2. The van der Waals surface area contributed by atoms with E-state index in [-0.39, 0.29) is 61.6 Å². The number of hydrogen-bond acceptors (Lipinski definition) is 14. The molecular weight excluding hydrogens is 628 g/mol. The third-order valence-corrected chi connectivity index (χ3v) is 9.19. The number of carbonyl (C=O) groups is 2. The van der Waals surface area contributed by atoms with Crippen molar-refractivity contribution in [2.75, 3.05) is 41.0 Å². The summed E-state index contributed by atoms with van der Waals surface area (Å²) in [4.78, 5) is 25.0. The summed E-state index contributed by atoms with van der Waals surface area (Å²) < 4.78 is 26.1. The largest absolute Gasteiger partial charge is 0.463 e. The topological polar surface area (TPSA) is 197 Å². The summed E-state index contributed by atoms with van der Waals surface area (Å²) in [5, 5.41) is 52.3. The second-order valence-electron chi connectivity index (χ2n) is 14.2. The van der Waals surface area contributed by atoms with Crippen LogP contribution in [0.25, 0.3) is 0 Å². The van der Waals surface area contributed by atoms with Crippen LogP contribution < -0.4 is 5.32 Å². The number of aliphatic hydroxyl groups excluding tert-OH is 4. The molecule has 48 heavy (non-hydrogen) atoms. The van der Waals surface area contributed by atoms with Gasteiger partial charge in [0.05, 0.1) is 23.7 Å². The summed E-state index contributed by atoms with van der Waals surface area (Å²) in [6.45, 7) is 15.9. The molecule has 6 N–H and O–H groups in total. The average molecular weight is 695 g/mol. The van der Waals surface area contributed by atoms with E-state index in [0.29, 0.717) is 25.2 Å². The summed E-state index contributed by atoms with van der Waals surface area (Å²) in [5.41, 5.74) is -1.73.